The first-order chi connectivity index (χ1) is 13.1. The number of para-hydroxylation sites is 1. The Morgan fingerprint density at radius 1 is 0.963 bits per heavy atom. The van der Waals surface area contributed by atoms with Crippen LogP contribution in [0.1, 0.15) is 42.5 Å². The number of carbonyl (C=O) groups excluding carboxylic acids is 2. The molecule has 3 N–H and O–H groups in total. The van der Waals surface area contributed by atoms with Crippen molar-refractivity contribution in [3.63, 3.8) is 0 Å². The van der Waals surface area contributed by atoms with E-state index in [1.165, 1.54) is 6.42 Å². The molecule has 1 fully saturated rings. The second-order valence-corrected chi connectivity index (χ2v) is 7.18. The Bertz CT molecular complexity index is 789. The average molecular weight is 386 g/mol. The van der Waals surface area contributed by atoms with Gasteiger partial charge in [0.15, 0.2) is 0 Å². The minimum Gasteiger partial charge on any atom is -0.376 e. The molecular formula is C21H24ClN3O2. The van der Waals surface area contributed by atoms with Crippen molar-refractivity contribution in [3.05, 3.63) is 59.1 Å². The fourth-order valence-electron chi connectivity index (χ4n) is 3.23. The van der Waals surface area contributed by atoms with Crippen LogP contribution in [-0.4, -0.2) is 24.4 Å². The minimum absolute atomic E-state index is 0.135. The van der Waals surface area contributed by atoms with E-state index in [1.807, 2.05) is 30.3 Å². The molecule has 0 heterocycles. The van der Waals surface area contributed by atoms with Crippen molar-refractivity contribution < 1.29 is 9.59 Å². The van der Waals surface area contributed by atoms with E-state index in [2.05, 4.69) is 16.0 Å². The maximum atomic E-state index is 12.6. The molecule has 2 amide bonds. The van der Waals surface area contributed by atoms with Crippen LogP contribution in [0.3, 0.4) is 0 Å². The van der Waals surface area contributed by atoms with E-state index in [1.54, 1.807) is 18.2 Å². The summed E-state index contributed by atoms with van der Waals surface area (Å²) < 4.78 is 0. The molecule has 0 unspecified atom stereocenters. The molecule has 2 aromatic rings. The number of carbonyl (C=O) groups is 2. The van der Waals surface area contributed by atoms with Crippen LogP contribution in [0.5, 0.6) is 0 Å². The molecule has 0 saturated heterocycles. The second-order valence-electron chi connectivity index (χ2n) is 6.77. The Kier molecular flexibility index (Phi) is 6.71. The topological polar surface area (TPSA) is 70.2 Å². The predicted octanol–water partition coefficient (Wildman–Crippen LogP) is 4.45. The van der Waals surface area contributed by atoms with E-state index in [9.17, 15) is 9.59 Å². The minimum atomic E-state index is -0.195. The zero-order valence-corrected chi connectivity index (χ0v) is 15.9. The molecule has 0 spiro atoms. The summed E-state index contributed by atoms with van der Waals surface area (Å²) >= 11 is 6.20. The van der Waals surface area contributed by atoms with Gasteiger partial charge in [0.05, 0.1) is 17.1 Å². The van der Waals surface area contributed by atoms with Gasteiger partial charge in [0, 0.05) is 17.4 Å². The van der Waals surface area contributed by atoms with Gasteiger partial charge in [0.1, 0.15) is 0 Å². The van der Waals surface area contributed by atoms with E-state index >= 15 is 0 Å². The second kappa shape index (κ2) is 9.42. The summed E-state index contributed by atoms with van der Waals surface area (Å²) in [6.07, 6.45) is 5.52. The third kappa shape index (κ3) is 5.73. The fraction of sp³-hybridized carbons (Fsp3) is 0.333. The highest BCUT2D eigenvalue weighted by Gasteiger charge is 2.19. The summed E-state index contributed by atoms with van der Waals surface area (Å²) in [5, 5.41) is 9.28. The van der Waals surface area contributed by atoms with Gasteiger partial charge in [-0.05, 0) is 43.2 Å². The van der Waals surface area contributed by atoms with Gasteiger partial charge in [-0.1, -0.05) is 49.1 Å². The van der Waals surface area contributed by atoms with Gasteiger partial charge in [-0.3, -0.25) is 9.59 Å². The molecule has 1 aliphatic rings. The van der Waals surface area contributed by atoms with Crippen LogP contribution < -0.4 is 16.0 Å². The number of hydrogen-bond donors (Lipinski definition) is 3. The monoisotopic (exact) mass is 385 g/mol. The SMILES string of the molecule is O=C(CNc1ccccc1)Nc1ccc(Cl)c(C(=O)NC2CCCCC2)c1. The van der Waals surface area contributed by atoms with Crippen LogP contribution in [0.25, 0.3) is 0 Å². The standard InChI is InChI=1S/C21H24ClN3O2/c22-19-12-11-17(24-20(26)14-23-15-7-3-1-4-8-15)13-18(19)21(27)25-16-9-5-2-6-10-16/h1,3-4,7-8,11-13,16,23H,2,5-6,9-10,14H2,(H,24,26)(H,25,27). The number of amides is 2. The molecule has 2 aromatic carbocycles. The van der Waals surface area contributed by atoms with Crippen molar-refractivity contribution in [2.45, 2.75) is 38.1 Å². The summed E-state index contributed by atoms with van der Waals surface area (Å²) in [5.41, 5.74) is 1.81. The summed E-state index contributed by atoms with van der Waals surface area (Å²) in [5.74, 6) is -0.384. The molecule has 0 aliphatic heterocycles. The van der Waals surface area contributed by atoms with Crippen molar-refractivity contribution in [3.8, 4) is 0 Å². The molecule has 0 bridgehead atoms. The van der Waals surface area contributed by atoms with Crippen molar-refractivity contribution in [2.24, 2.45) is 0 Å². The van der Waals surface area contributed by atoms with Gasteiger partial charge in [0.25, 0.3) is 5.91 Å². The van der Waals surface area contributed by atoms with Crippen molar-refractivity contribution in [2.75, 3.05) is 17.2 Å². The highest BCUT2D eigenvalue weighted by molar-refractivity contribution is 6.34. The molecular weight excluding hydrogens is 362 g/mol. The molecule has 142 valence electrons. The Morgan fingerprint density at radius 2 is 1.70 bits per heavy atom. The first kappa shape index (κ1) is 19.2. The molecule has 1 saturated carbocycles. The number of benzene rings is 2. The molecule has 0 radical (unpaired) electrons. The zero-order valence-electron chi connectivity index (χ0n) is 15.1. The fourth-order valence-corrected chi connectivity index (χ4v) is 3.43. The summed E-state index contributed by atoms with van der Waals surface area (Å²) in [6.45, 7) is 0.135. The summed E-state index contributed by atoms with van der Waals surface area (Å²) in [7, 11) is 0. The Morgan fingerprint density at radius 3 is 2.44 bits per heavy atom. The van der Waals surface area contributed by atoms with E-state index in [4.69, 9.17) is 11.6 Å². The maximum Gasteiger partial charge on any atom is 0.253 e. The van der Waals surface area contributed by atoms with Gasteiger partial charge in [0.2, 0.25) is 5.91 Å². The highest BCUT2D eigenvalue weighted by Crippen LogP contribution is 2.23. The number of anilines is 2. The molecule has 1 aliphatic carbocycles. The molecule has 5 nitrogen and oxygen atoms in total. The summed E-state index contributed by atoms with van der Waals surface area (Å²) in [4.78, 5) is 24.7. The molecule has 0 aromatic heterocycles. The van der Waals surface area contributed by atoms with E-state index in [0.717, 1.165) is 31.4 Å². The van der Waals surface area contributed by atoms with Crippen LogP contribution in [0.2, 0.25) is 5.02 Å². The van der Waals surface area contributed by atoms with E-state index in [-0.39, 0.29) is 24.4 Å². The molecule has 27 heavy (non-hydrogen) atoms. The van der Waals surface area contributed by atoms with Crippen LogP contribution in [0, 0.1) is 0 Å². The number of hydrogen-bond acceptors (Lipinski definition) is 3. The van der Waals surface area contributed by atoms with Gasteiger partial charge >= 0.3 is 0 Å². The van der Waals surface area contributed by atoms with Gasteiger partial charge in [-0.2, -0.15) is 0 Å². The Balaban J connectivity index is 1.58. The van der Waals surface area contributed by atoms with Crippen LogP contribution >= 0.6 is 11.6 Å². The number of nitrogens with one attached hydrogen (secondary N) is 3. The first-order valence-electron chi connectivity index (χ1n) is 9.31. The lowest BCUT2D eigenvalue weighted by molar-refractivity contribution is -0.114. The number of halogens is 1. The van der Waals surface area contributed by atoms with E-state index in [0.29, 0.717) is 16.3 Å². The van der Waals surface area contributed by atoms with Crippen LogP contribution in [0.4, 0.5) is 11.4 Å². The van der Waals surface area contributed by atoms with Gasteiger partial charge < -0.3 is 16.0 Å². The Labute approximate surface area is 164 Å². The highest BCUT2D eigenvalue weighted by atomic mass is 35.5. The van der Waals surface area contributed by atoms with Crippen molar-refractivity contribution >= 4 is 34.8 Å². The lowest BCUT2D eigenvalue weighted by atomic mass is 9.95. The maximum absolute atomic E-state index is 12.6. The van der Waals surface area contributed by atoms with Crippen LogP contribution in [0.15, 0.2) is 48.5 Å². The first-order valence-corrected chi connectivity index (χ1v) is 9.69. The van der Waals surface area contributed by atoms with Crippen molar-refractivity contribution in [1.29, 1.82) is 0 Å². The lowest BCUT2D eigenvalue weighted by Crippen LogP contribution is -2.36. The van der Waals surface area contributed by atoms with Gasteiger partial charge in [-0.25, -0.2) is 0 Å². The summed E-state index contributed by atoms with van der Waals surface area (Å²) in [6, 6.07) is 14.7. The quantitative estimate of drug-likeness (QED) is 0.687. The van der Waals surface area contributed by atoms with E-state index < -0.39 is 0 Å². The number of rotatable bonds is 6. The smallest absolute Gasteiger partial charge is 0.253 e. The largest absolute Gasteiger partial charge is 0.376 e. The average Bonchev–Trinajstić information content (AvgIpc) is 2.69. The third-order valence-electron chi connectivity index (χ3n) is 4.66. The molecule has 3 rings (SSSR count). The molecule has 0 atom stereocenters. The Hall–Kier alpha value is -2.53. The van der Waals surface area contributed by atoms with Gasteiger partial charge in [-0.15, -0.1) is 0 Å². The van der Waals surface area contributed by atoms with Crippen molar-refractivity contribution in [1.82, 2.24) is 5.32 Å². The molecule has 6 heteroatoms. The zero-order chi connectivity index (χ0) is 19.1. The predicted molar refractivity (Wildman–Crippen MR) is 109 cm³/mol. The third-order valence-corrected chi connectivity index (χ3v) is 4.99. The lowest BCUT2D eigenvalue weighted by Gasteiger charge is -2.23. The van der Waals surface area contributed by atoms with Crippen LogP contribution in [-0.2, 0) is 4.79 Å². The normalized spacial score (nSPS) is 14.4.